The number of amides is 1. The third-order valence-electron chi connectivity index (χ3n) is 3.20. The highest BCUT2D eigenvalue weighted by Gasteiger charge is 2.32. The Hall–Kier alpha value is -2.36. The Morgan fingerprint density at radius 1 is 1.30 bits per heavy atom. The minimum absolute atomic E-state index is 0.1000. The van der Waals surface area contributed by atoms with Crippen molar-refractivity contribution in [2.45, 2.75) is 19.3 Å². The highest BCUT2D eigenvalue weighted by molar-refractivity contribution is 9.10. The zero-order valence-electron chi connectivity index (χ0n) is 13.6. The lowest BCUT2D eigenvalue weighted by atomic mass is 10.2. The van der Waals surface area contributed by atoms with Crippen molar-refractivity contribution >= 4 is 27.9 Å². The highest BCUT2D eigenvalue weighted by Crippen LogP contribution is 2.26. The van der Waals surface area contributed by atoms with Gasteiger partial charge in [0.05, 0.1) is 12.8 Å². The first-order valence-electron chi connectivity index (χ1n) is 7.44. The number of carbonyl (C=O) groups is 1. The molecular weight excluding hydrogens is 441 g/mol. The average Bonchev–Trinajstić information content (AvgIpc) is 3.05. The van der Waals surface area contributed by atoms with Gasteiger partial charge in [-0.05, 0) is 36.4 Å². The lowest BCUT2D eigenvalue weighted by molar-refractivity contribution is -0.159. The van der Waals surface area contributed by atoms with Gasteiger partial charge in [0.2, 0.25) is 5.91 Å². The van der Waals surface area contributed by atoms with Gasteiger partial charge in [-0.15, -0.1) is 0 Å². The summed E-state index contributed by atoms with van der Waals surface area (Å²) >= 11 is 3.14. The van der Waals surface area contributed by atoms with Crippen LogP contribution < -0.4 is 4.74 Å². The largest absolute Gasteiger partial charge is 0.467 e. The normalized spacial score (nSPS) is 12.0. The summed E-state index contributed by atoms with van der Waals surface area (Å²) in [6.45, 7) is -4.97. The standard InChI is InChI=1S/C17H13BrF5NO3/c18-12-4-5-14(27-16(19)20)11(8-12)3-6-15(25)24(10-17(21,22)23)9-13-2-1-7-26-13/h1-8,16H,9-10H2/b6-3+. The molecule has 4 nitrogen and oxygen atoms in total. The van der Waals surface area contributed by atoms with Crippen molar-refractivity contribution in [1.82, 2.24) is 4.90 Å². The van der Waals surface area contributed by atoms with Gasteiger partial charge in [-0.1, -0.05) is 15.9 Å². The maximum Gasteiger partial charge on any atom is 0.406 e. The van der Waals surface area contributed by atoms with E-state index >= 15 is 0 Å². The number of hydrogen-bond donors (Lipinski definition) is 0. The number of ether oxygens (including phenoxy) is 1. The van der Waals surface area contributed by atoms with Crippen molar-refractivity contribution in [2.24, 2.45) is 0 Å². The van der Waals surface area contributed by atoms with E-state index in [-0.39, 0.29) is 17.1 Å². The Kier molecular flexibility index (Phi) is 7.00. The van der Waals surface area contributed by atoms with Gasteiger partial charge in [-0.25, -0.2) is 0 Å². The second-order valence-electron chi connectivity index (χ2n) is 5.28. The summed E-state index contributed by atoms with van der Waals surface area (Å²) in [6, 6.07) is 7.00. The van der Waals surface area contributed by atoms with Crippen molar-refractivity contribution in [1.29, 1.82) is 0 Å². The van der Waals surface area contributed by atoms with Crippen LogP contribution in [-0.2, 0) is 11.3 Å². The Morgan fingerprint density at radius 2 is 2.04 bits per heavy atom. The van der Waals surface area contributed by atoms with E-state index in [4.69, 9.17) is 4.42 Å². The molecule has 0 saturated carbocycles. The Labute approximate surface area is 159 Å². The SMILES string of the molecule is O=C(/C=C/c1cc(Br)ccc1OC(F)F)N(Cc1ccco1)CC(F)(F)F. The van der Waals surface area contributed by atoms with E-state index in [0.29, 0.717) is 9.37 Å². The zero-order valence-corrected chi connectivity index (χ0v) is 15.1. The predicted octanol–water partition coefficient (Wildman–Crippen LogP) is 5.25. The topological polar surface area (TPSA) is 42.7 Å². The summed E-state index contributed by atoms with van der Waals surface area (Å²) in [5.41, 5.74) is 0.1000. The molecule has 10 heteroatoms. The second-order valence-corrected chi connectivity index (χ2v) is 6.20. The molecule has 0 unspecified atom stereocenters. The first kappa shape index (κ1) is 20.9. The van der Waals surface area contributed by atoms with E-state index in [9.17, 15) is 26.7 Å². The lowest BCUT2D eigenvalue weighted by Crippen LogP contribution is -2.37. The molecule has 146 valence electrons. The molecule has 2 rings (SSSR count). The molecule has 0 radical (unpaired) electrons. The minimum Gasteiger partial charge on any atom is -0.467 e. The number of furan rings is 1. The fourth-order valence-electron chi connectivity index (χ4n) is 2.14. The number of hydrogen-bond acceptors (Lipinski definition) is 3. The Balaban J connectivity index is 2.21. The van der Waals surface area contributed by atoms with E-state index < -0.39 is 31.8 Å². The second kappa shape index (κ2) is 9.03. The van der Waals surface area contributed by atoms with Gasteiger partial charge < -0.3 is 14.1 Å². The maximum atomic E-state index is 12.8. The van der Waals surface area contributed by atoms with Crippen molar-refractivity contribution in [2.75, 3.05) is 6.54 Å². The molecule has 0 N–H and O–H groups in total. The summed E-state index contributed by atoms with van der Waals surface area (Å²) in [6.07, 6.45) is -1.38. The minimum atomic E-state index is -4.62. The quantitative estimate of drug-likeness (QED) is 0.424. The van der Waals surface area contributed by atoms with E-state index in [1.54, 1.807) is 0 Å². The number of nitrogens with zero attached hydrogens (tertiary/aromatic N) is 1. The molecule has 0 spiro atoms. The average molecular weight is 454 g/mol. The maximum absolute atomic E-state index is 12.8. The highest BCUT2D eigenvalue weighted by atomic mass is 79.9. The number of rotatable bonds is 7. The number of halogens is 6. The van der Waals surface area contributed by atoms with Crippen LogP contribution >= 0.6 is 15.9 Å². The molecule has 0 aliphatic rings. The van der Waals surface area contributed by atoms with Crippen LogP contribution in [0.1, 0.15) is 11.3 Å². The fourth-order valence-corrected chi connectivity index (χ4v) is 2.52. The van der Waals surface area contributed by atoms with Crippen molar-refractivity contribution < 1.29 is 35.9 Å². The fraction of sp³-hybridized carbons (Fsp3) is 0.235. The third-order valence-corrected chi connectivity index (χ3v) is 3.70. The summed E-state index contributed by atoms with van der Waals surface area (Å²) in [7, 11) is 0. The Morgan fingerprint density at radius 3 is 2.63 bits per heavy atom. The zero-order chi connectivity index (χ0) is 20.0. The predicted molar refractivity (Wildman–Crippen MR) is 90.0 cm³/mol. The van der Waals surface area contributed by atoms with Crippen LogP contribution in [0.4, 0.5) is 22.0 Å². The van der Waals surface area contributed by atoms with Gasteiger partial charge in [0.15, 0.2) is 0 Å². The molecule has 1 amide bonds. The van der Waals surface area contributed by atoms with Crippen LogP contribution in [0.3, 0.4) is 0 Å². The number of benzene rings is 1. The lowest BCUT2D eigenvalue weighted by Gasteiger charge is -2.21. The van der Waals surface area contributed by atoms with Crippen LogP contribution in [0.25, 0.3) is 6.08 Å². The first-order valence-corrected chi connectivity index (χ1v) is 8.24. The molecule has 1 heterocycles. The summed E-state index contributed by atoms with van der Waals surface area (Å²) in [4.78, 5) is 12.8. The van der Waals surface area contributed by atoms with Gasteiger partial charge >= 0.3 is 12.8 Å². The molecule has 0 atom stereocenters. The molecule has 0 bridgehead atoms. The molecule has 0 aliphatic carbocycles. The van der Waals surface area contributed by atoms with Gasteiger partial charge in [0, 0.05) is 16.1 Å². The van der Waals surface area contributed by atoms with E-state index in [1.165, 1.54) is 36.6 Å². The molecule has 0 fully saturated rings. The molecule has 0 aliphatic heterocycles. The van der Waals surface area contributed by atoms with Gasteiger partial charge in [-0.2, -0.15) is 22.0 Å². The first-order chi connectivity index (χ1) is 12.6. The molecule has 1 aromatic carbocycles. The molecular formula is C17H13BrF5NO3. The molecule has 27 heavy (non-hydrogen) atoms. The van der Waals surface area contributed by atoms with Gasteiger partial charge in [-0.3, -0.25) is 4.79 Å². The van der Waals surface area contributed by atoms with Crippen LogP contribution in [0.5, 0.6) is 5.75 Å². The van der Waals surface area contributed by atoms with Gasteiger partial charge in [0.1, 0.15) is 18.1 Å². The van der Waals surface area contributed by atoms with Crippen molar-refractivity contribution in [3.63, 3.8) is 0 Å². The number of carbonyl (C=O) groups excluding carboxylic acids is 1. The van der Waals surface area contributed by atoms with Crippen LogP contribution in [0, 0.1) is 0 Å². The van der Waals surface area contributed by atoms with Crippen molar-refractivity contribution in [3.05, 3.63) is 58.5 Å². The van der Waals surface area contributed by atoms with Crippen LogP contribution in [0.2, 0.25) is 0 Å². The smallest absolute Gasteiger partial charge is 0.406 e. The van der Waals surface area contributed by atoms with Crippen LogP contribution in [0.15, 0.2) is 51.6 Å². The summed E-state index contributed by atoms with van der Waals surface area (Å²) in [5.74, 6) is -1.01. The molecule has 1 aromatic heterocycles. The van der Waals surface area contributed by atoms with E-state index in [2.05, 4.69) is 20.7 Å². The monoisotopic (exact) mass is 453 g/mol. The van der Waals surface area contributed by atoms with E-state index in [0.717, 1.165) is 12.2 Å². The summed E-state index contributed by atoms with van der Waals surface area (Å²) in [5, 5.41) is 0. The third kappa shape index (κ3) is 7.05. The van der Waals surface area contributed by atoms with Crippen LogP contribution in [-0.4, -0.2) is 30.1 Å². The van der Waals surface area contributed by atoms with Crippen molar-refractivity contribution in [3.8, 4) is 5.75 Å². The molecule has 0 saturated heterocycles. The van der Waals surface area contributed by atoms with E-state index in [1.807, 2.05) is 0 Å². The Bertz CT molecular complexity index is 790. The molecule has 2 aromatic rings. The number of alkyl halides is 5. The summed E-state index contributed by atoms with van der Waals surface area (Å²) < 4.78 is 73.0. The van der Waals surface area contributed by atoms with Gasteiger partial charge in [0.25, 0.3) is 0 Å².